The maximum atomic E-state index is 8.81. The summed E-state index contributed by atoms with van der Waals surface area (Å²) in [6, 6.07) is 0. The van der Waals surface area contributed by atoms with E-state index in [9.17, 15) is 0 Å². The van der Waals surface area contributed by atoms with Crippen LogP contribution in [0.3, 0.4) is 0 Å². The Labute approximate surface area is 75.8 Å². The molecule has 0 heterocycles. The largest absolute Gasteiger partial charge is 0.396 e. The van der Waals surface area contributed by atoms with E-state index in [4.69, 9.17) is 5.11 Å². The van der Waals surface area contributed by atoms with Gasteiger partial charge in [-0.1, -0.05) is 31.6 Å². The monoisotopic (exact) mass is 168 g/mol. The van der Waals surface area contributed by atoms with Crippen molar-refractivity contribution in [2.75, 3.05) is 6.61 Å². The van der Waals surface area contributed by atoms with Crippen molar-refractivity contribution in [2.45, 2.75) is 27.2 Å². The molecule has 0 aromatic rings. The molecular formula is C11H20O. The van der Waals surface area contributed by atoms with Crippen LogP contribution in [0.15, 0.2) is 24.3 Å². The summed E-state index contributed by atoms with van der Waals surface area (Å²) in [6.45, 7) is 10.2. The zero-order valence-electron chi connectivity index (χ0n) is 8.38. The van der Waals surface area contributed by atoms with Gasteiger partial charge in [-0.2, -0.15) is 0 Å². The van der Waals surface area contributed by atoms with Gasteiger partial charge in [0.2, 0.25) is 0 Å². The first-order valence-corrected chi connectivity index (χ1v) is 4.50. The number of rotatable bonds is 5. The second-order valence-corrected chi connectivity index (χ2v) is 3.59. The molecule has 0 saturated heterocycles. The van der Waals surface area contributed by atoms with Gasteiger partial charge in [0.15, 0.2) is 0 Å². The SMILES string of the molecule is C=CC(C)C/C(C)=C/C(C)CO. The number of allylic oxidation sites excluding steroid dienone is 2. The third kappa shape index (κ3) is 5.14. The molecule has 0 rings (SSSR count). The van der Waals surface area contributed by atoms with E-state index >= 15 is 0 Å². The molecule has 0 saturated carbocycles. The first-order valence-electron chi connectivity index (χ1n) is 4.50. The molecule has 0 amide bonds. The van der Waals surface area contributed by atoms with Crippen LogP contribution in [0.2, 0.25) is 0 Å². The molecule has 1 heteroatoms. The summed E-state index contributed by atoms with van der Waals surface area (Å²) in [6.07, 6.45) is 5.13. The molecule has 1 nitrogen and oxygen atoms in total. The van der Waals surface area contributed by atoms with Crippen molar-refractivity contribution in [1.29, 1.82) is 0 Å². The molecule has 0 spiro atoms. The molecule has 0 aromatic heterocycles. The Kier molecular flexibility index (Phi) is 5.73. The highest BCUT2D eigenvalue weighted by Crippen LogP contribution is 2.13. The lowest BCUT2D eigenvalue weighted by atomic mass is 9.99. The van der Waals surface area contributed by atoms with Crippen LogP contribution in [-0.4, -0.2) is 11.7 Å². The Hall–Kier alpha value is -0.560. The summed E-state index contributed by atoms with van der Waals surface area (Å²) >= 11 is 0. The second kappa shape index (κ2) is 6.01. The molecule has 2 unspecified atom stereocenters. The Morgan fingerprint density at radius 2 is 2.00 bits per heavy atom. The van der Waals surface area contributed by atoms with Gasteiger partial charge >= 0.3 is 0 Å². The Bertz CT molecular complexity index is 158. The zero-order chi connectivity index (χ0) is 9.56. The molecule has 0 bridgehead atoms. The van der Waals surface area contributed by atoms with Gasteiger partial charge in [-0.05, 0) is 25.2 Å². The van der Waals surface area contributed by atoms with Crippen molar-refractivity contribution >= 4 is 0 Å². The number of aliphatic hydroxyl groups excluding tert-OH is 1. The van der Waals surface area contributed by atoms with Crippen LogP contribution < -0.4 is 0 Å². The first-order chi connectivity index (χ1) is 5.60. The van der Waals surface area contributed by atoms with Crippen LogP contribution in [0, 0.1) is 11.8 Å². The quantitative estimate of drug-likeness (QED) is 0.626. The first kappa shape index (κ1) is 11.4. The third-order valence-corrected chi connectivity index (χ3v) is 1.90. The molecule has 0 aromatic carbocycles. The van der Waals surface area contributed by atoms with E-state index in [0.717, 1.165) is 6.42 Å². The predicted molar refractivity (Wildman–Crippen MR) is 54.0 cm³/mol. The molecule has 2 atom stereocenters. The van der Waals surface area contributed by atoms with Gasteiger partial charge in [0, 0.05) is 6.61 Å². The maximum absolute atomic E-state index is 8.81. The molecule has 12 heavy (non-hydrogen) atoms. The van der Waals surface area contributed by atoms with Crippen molar-refractivity contribution in [1.82, 2.24) is 0 Å². The average molecular weight is 168 g/mol. The smallest absolute Gasteiger partial charge is 0.0491 e. The maximum Gasteiger partial charge on any atom is 0.0491 e. The minimum Gasteiger partial charge on any atom is -0.396 e. The van der Waals surface area contributed by atoms with Gasteiger partial charge < -0.3 is 5.11 Å². The number of hydrogen-bond donors (Lipinski definition) is 1. The summed E-state index contributed by atoms with van der Waals surface area (Å²) in [5, 5.41) is 8.81. The van der Waals surface area contributed by atoms with E-state index in [-0.39, 0.29) is 12.5 Å². The Balaban J connectivity index is 3.92. The highest BCUT2D eigenvalue weighted by molar-refractivity contribution is 5.03. The fourth-order valence-corrected chi connectivity index (χ4v) is 1.20. The van der Waals surface area contributed by atoms with Crippen LogP contribution in [-0.2, 0) is 0 Å². The Morgan fingerprint density at radius 3 is 2.42 bits per heavy atom. The second-order valence-electron chi connectivity index (χ2n) is 3.59. The minimum absolute atomic E-state index is 0.236. The lowest BCUT2D eigenvalue weighted by Gasteiger charge is -2.08. The minimum atomic E-state index is 0.236. The molecule has 0 aliphatic rings. The highest BCUT2D eigenvalue weighted by Gasteiger charge is 2.00. The van der Waals surface area contributed by atoms with E-state index in [0.29, 0.717) is 5.92 Å². The van der Waals surface area contributed by atoms with E-state index in [1.807, 2.05) is 13.0 Å². The van der Waals surface area contributed by atoms with Crippen LogP contribution in [0.4, 0.5) is 0 Å². The molecule has 1 N–H and O–H groups in total. The zero-order valence-corrected chi connectivity index (χ0v) is 8.38. The van der Waals surface area contributed by atoms with Crippen molar-refractivity contribution in [2.24, 2.45) is 11.8 Å². The summed E-state index contributed by atoms with van der Waals surface area (Å²) in [5.74, 6) is 0.814. The molecular weight excluding hydrogens is 148 g/mol. The van der Waals surface area contributed by atoms with Gasteiger partial charge in [0.05, 0.1) is 0 Å². The molecule has 0 radical (unpaired) electrons. The van der Waals surface area contributed by atoms with E-state index in [2.05, 4.69) is 26.5 Å². The number of aliphatic hydroxyl groups is 1. The topological polar surface area (TPSA) is 20.2 Å². The van der Waals surface area contributed by atoms with Crippen LogP contribution in [0.1, 0.15) is 27.2 Å². The predicted octanol–water partition coefficient (Wildman–Crippen LogP) is 2.77. The summed E-state index contributed by atoms with van der Waals surface area (Å²) in [5.41, 5.74) is 1.34. The average Bonchev–Trinajstić information content (AvgIpc) is 2.03. The fourth-order valence-electron chi connectivity index (χ4n) is 1.20. The molecule has 70 valence electrons. The summed E-state index contributed by atoms with van der Waals surface area (Å²) < 4.78 is 0. The van der Waals surface area contributed by atoms with Crippen LogP contribution >= 0.6 is 0 Å². The van der Waals surface area contributed by atoms with Crippen molar-refractivity contribution in [3.63, 3.8) is 0 Å². The van der Waals surface area contributed by atoms with Gasteiger partial charge in [-0.15, -0.1) is 6.58 Å². The Morgan fingerprint density at radius 1 is 1.42 bits per heavy atom. The van der Waals surface area contributed by atoms with E-state index < -0.39 is 0 Å². The van der Waals surface area contributed by atoms with E-state index in [1.165, 1.54) is 5.57 Å². The van der Waals surface area contributed by atoms with Gasteiger partial charge in [0.25, 0.3) is 0 Å². The molecule has 0 aliphatic heterocycles. The van der Waals surface area contributed by atoms with Crippen LogP contribution in [0.25, 0.3) is 0 Å². The highest BCUT2D eigenvalue weighted by atomic mass is 16.3. The van der Waals surface area contributed by atoms with Crippen LogP contribution in [0.5, 0.6) is 0 Å². The standard InChI is InChI=1S/C11H20O/c1-5-9(2)6-10(3)7-11(4)8-12/h5,7,9,11-12H,1,6,8H2,2-4H3/b10-7+. The van der Waals surface area contributed by atoms with Gasteiger partial charge in [-0.25, -0.2) is 0 Å². The van der Waals surface area contributed by atoms with Gasteiger partial charge in [0.1, 0.15) is 0 Å². The van der Waals surface area contributed by atoms with Gasteiger partial charge in [-0.3, -0.25) is 0 Å². The van der Waals surface area contributed by atoms with Crippen molar-refractivity contribution < 1.29 is 5.11 Å². The van der Waals surface area contributed by atoms with Crippen molar-refractivity contribution in [3.05, 3.63) is 24.3 Å². The molecule has 0 fully saturated rings. The lowest BCUT2D eigenvalue weighted by molar-refractivity contribution is 0.261. The van der Waals surface area contributed by atoms with Crippen molar-refractivity contribution in [3.8, 4) is 0 Å². The van der Waals surface area contributed by atoms with E-state index in [1.54, 1.807) is 0 Å². The third-order valence-electron chi connectivity index (χ3n) is 1.90. The summed E-state index contributed by atoms with van der Waals surface area (Å²) in [7, 11) is 0. The lowest BCUT2D eigenvalue weighted by Crippen LogP contribution is -1.98. The summed E-state index contributed by atoms with van der Waals surface area (Å²) in [4.78, 5) is 0. The molecule has 0 aliphatic carbocycles. The fraction of sp³-hybridized carbons (Fsp3) is 0.636. The normalized spacial score (nSPS) is 17.2. The number of hydrogen-bond acceptors (Lipinski definition) is 1.